The molecular formula is C15H25FN+. The first-order valence-electron chi connectivity index (χ1n) is 6.36. The molecule has 0 aromatic heterocycles. The average molecular weight is 238 g/mol. The van der Waals surface area contributed by atoms with Crippen LogP contribution in [-0.4, -0.2) is 12.1 Å². The molecule has 1 aromatic carbocycles. The van der Waals surface area contributed by atoms with Gasteiger partial charge in [-0.05, 0) is 32.9 Å². The van der Waals surface area contributed by atoms with Crippen LogP contribution in [0, 0.1) is 11.2 Å². The fourth-order valence-corrected chi connectivity index (χ4v) is 2.19. The van der Waals surface area contributed by atoms with Crippen molar-refractivity contribution >= 4 is 5.69 Å². The van der Waals surface area contributed by atoms with E-state index in [9.17, 15) is 4.39 Å². The van der Waals surface area contributed by atoms with E-state index in [0.29, 0.717) is 12.1 Å². The third-order valence-electron chi connectivity index (χ3n) is 3.57. The van der Waals surface area contributed by atoms with Crippen LogP contribution in [0.5, 0.6) is 0 Å². The number of hydrogen-bond donors (Lipinski definition) is 1. The lowest BCUT2D eigenvalue weighted by molar-refractivity contribution is -0.888. The predicted molar refractivity (Wildman–Crippen MR) is 71.1 cm³/mol. The van der Waals surface area contributed by atoms with Gasteiger partial charge in [0.2, 0.25) is 0 Å². The van der Waals surface area contributed by atoms with Crippen molar-refractivity contribution in [1.82, 2.24) is 0 Å². The summed E-state index contributed by atoms with van der Waals surface area (Å²) in [5.41, 5.74) is 1.40. The van der Waals surface area contributed by atoms with Gasteiger partial charge in [0, 0.05) is 17.5 Å². The lowest BCUT2D eigenvalue weighted by Gasteiger charge is -2.37. The Hall–Kier alpha value is -0.890. The van der Waals surface area contributed by atoms with Gasteiger partial charge in [-0.2, -0.15) is 0 Å². The molecule has 17 heavy (non-hydrogen) atoms. The third-order valence-corrected chi connectivity index (χ3v) is 3.57. The second-order valence-electron chi connectivity index (χ2n) is 6.20. The molecule has 0 fully saturated rings. The van der Waals surface area contributed by atoms with Crippen molar-refractivity contribution in [3.8, 4) is 0 Å². The molecule has 0 amide bonds. The summed E-state index contributed by atoms with van der Waals surface area (Å²) < 4.78 is 13.0. The first kappa shape index (κ1) is 14.2. The van der Waals surface area contributed by atoms with Crippen LogP contribution in [0.15, 0.2) is 24.3 Å². The lowest BCUT2D eigenvalue weighted by Crippen LogP contribution is -3.15. The van der Waals surface area contributed by atoms with E-state index < -0.39 is 0 Å². The Balaban J connectivity index is 3.06. The van der Waals surface area contributed by atoms with E-state index in [1.165, 1.54) is 10.6 Å². The summed E-state index contributed by atoms with van der Waals surface area (Å²) in [5, 5.41) is 0. The molecule has 1 N–H and O–H groups in total. The number of hydrogen-bond acceptors (Lipinski definition) is 0. The van der Waals surface area contributed by atoms with Crippen molar-refractivity contribution < 1.29 is 9.29 Å². The smallest absolute Gasteiger partial charge is 0.131 e. The first-order chi connectivity index (χ1) is 7.73. The Morgan fingerprint density at radius 1 is 1.00 bits per heavy atom. The second kappa shape index (κ2) is 5.18. The van der Waals surface area contributed by atoms with Gasteiger partial charge >= 0.3 is 0 Å². The van der Waals surface area contributed by atoms with Gasteiger partial charge in [-0.15, -0.1) is 0 Å². The van der Waals surface area contributed by atoms with Crippen LogP contribution in [0.4, 0.5) is 10.1 Å². The topological polar surface area (TPSA) is 4.44 Å². The fourth-order valence-electron chi connectivity index (χ4n) is 2.19. The van der Waals surface area contributed by atoms with Crippen LogP contribution in [-0.2, 0) is 0 Å². The molecule has 0 aliphatic heterocycles. The van der Waals surface area contributed by atoms with Gasteiger partial charge in [0.1, 0.15) is 11.5 Å². The Bertz CT molecular complexity index is 348. The molecule has 0 aliphatic carbocycles. The highest BCUT2D eigenvalue weighted by atomic mass is 19.1. The van der Waals surface area contributed by atoms with Crippen molar-refractivity contribution in [2.75, 3.05) is 0 Å². The molecule has 0 aliphatic rings. The first-order valence-corrected chi connectivity index (χ1v) is 6.36. The second-order valence-corrected chi connectivity index (χ2v) is 6.20. The number of benzene rings is 1. The Labute approximate surface area is 105 Å². The van der Waals surface area contributed by atoms with Crippen molar-refractivity contribution in [2.24, 2.45) is 5.41 Å². The maximum Gasteiger partial charge on any atom is 0.131 e. The molecule has 2 unspecified atom stereocenters. The molecule has 1 nitrogen and oxygen atoms in total. The molecule has 96 valence electrons. The molecule has 0 radical (unpaired) electrons. The molecule has 0 saturated carbocycles. The average Bonchev–Trinajstić information content (AvgIpc) is 2.19. The van der Waals surface area contributed by atoms with Crippen molar-refractivity contribution in [2.45, 2.75) is 53.6 Å². The van der Waals surface area contributed by atoms with Crippen molar-refractivity contribution in [3.05, 3.63) is 30.1 Å². The summed E-state index contributed by atoms with van der Waals surface area (Å²) in [4.78, 5) is 1.41. The zero-order valence-corrected chi connectivity index (χ0v) is 11.8. The van der Waals surface area contributed by atoms with E-state index >= 15 is 0 Å². The van der Waals surface area contributed by atoms with Gasteiger partial charge in [0.05, 0.1) is 12.1 Å². The molecule has 0 bridgehead atoms. The maximum absolute atomic E-state index is 13.0. The van der Waals surface area contributed by atoms with E-state index in [4.69, 9.17) is 0 Å². The van der Waals surface area contributed by atoms with Gasteiger partial charge in [0.25, 0.3) is 0 Å². The molecule has 0 saturated heterocycles. The van der Waals surface area contributed by atoms with Gasteiger partial charge in [-0.25, -0.2) is 4.39 Å². The fraction of sp³-hybridized carbons (Fsp3) is 0.600. The van der Waals surface area contributed by atoms with Gasteiger partial charge in [-0.3, -0.25) is 4.90 Å². The molecular weight excluding hydrogens is 213 g/mol. The Morgan fingerprint density at radius 3 is 1.82 bits per heavy atom. The highest BCUT2D eigenvalue weighted by Crippen LogP contribution is 2.19. The largest absolute Gasteiger partial charge is 0.298 e. The minimum Gasteiger partial charge on any atom is -0.298 e. The molecule has 1 rings (SSSR count). The highest BCUT2D eigenvalue weighted by Gasteiger charge is 2.32. The normalized spacial score (nSPS) is 16.0. The third kappa shape index (κ3) is 3.53. The van der Waals surface area contributed by atoms with Crippen LogP contribution in [0.3, 0.4) is 0 Å². The molecule has 0 heterocycles. The molecule has 0 spiro atoms. The summed E-state index contributed by atoms with van der Waals surface area (Å²) in [7, 11) is 0. The van der Waals surface area contributed by atoms with Crippen LogP contribution in [0.25, 0.3) is 0 Å². The van der Waals surface area contributed by atoms with Crippen LogP contribution in [0.2, 0.25) is 0 Å². The van der Waals surface area contributed by atoms with E-state index in [1.807, 2.05) is 12.1 Å². The van der Waals surface area contributed by atoms with E-state index in [1.54, 1.807) is 12.1 Å². The molecule has 2 heteroatoms. The van der Waals surface area contributed by atoms with E-state index in [0.717, 1.165) is 0 Å². The minimum absolute atomic E-state index is 0.166. The van der Waals surface area contributed by atoms with Crippen molar-refractivity contribution in [1.29, 1.82) is 0 Å². The number of nitrogens with one attached hydrogen (secondary N) is 1. The zero-order valence-electron chi connectivity index (χ0n) is 11.8. The summed E-state index contributed by atoms with van der Waals surface area (Å²) in [5.74, 6) is -0.166. The Kier molecular flexibility index (Phi) is 4.31. The SMILES string of the molecule is CC(C)[NH+](c1ccc(F)cc1)C(C)C(C)(C)C. The standard InChI is InChI=1S/C15H24FN/c1-11(2)17(12(3)15(4,5)6)14-9-7-13(16)8-10-14/h7-12H,1-6H3/p+1. The van der Waals surface area contributed by atoms with Crippen molar-refractivity contribution in [3.63, 3.8) is 0 Å². The zero-order chi connectivity index (χ0) is 13.2. The summed E-state index contributed by atoms with van der Waals surface area (Å²) in [6, 6.07) is 7.85. The van der Waals surface area contributed by atoms with Gasteiger partial charge in [0.15, 0.2) is 0 Å². The monoisotopic (exact) mass is 238 g/mol. The van der Waals surface area contributed by atoms with Crippen LogP contribution < -0.4 is 4.90 Å². The van der Waals surface area contributed by atoms with Crippen LogP contribution >= 0.6 is 0 Å². The molecule has 2 atom stereocenters. The predicted octanol–water partition coefficient (Wildman–Crippen LogP) is 3.19. The van der Waals surface area contributed by atoms with Crippen LogP contribution in [0.1, 0.15) is 41.5 Å². The summed E-state index contributed by atoms with van der Waals surface area (Å²) in [6.07, 6.45) is 0. The highest BCUT2D eigenvalue weighted by molar-refractivity contribution is 5.29. The maximum atomic E-state index is 13.0. The van der Waals surface area contributed by atoms with E-state index in [-0.39, 0.29) is 11.2 Å². The number of halogens is 1. The quantitative estimate of drug-likeness (QED) is 0.825. The summed E-state index contributed by atoms with van der Waals surface area (Å²) in [6.45, 7) is 13.4. The van der Waals surface area contributed by atoms with E-state index in [2.05, 4.69) is 41.5 Å². The Morgan fingerprint density at radius 2 is 1.47 bits per heavy atom. The van der Waals surface area contributed by atoms with Gasteiger partial charge in [-0.1, -0.05) is 20.8 Å². The minimum atomic E-state index is -0.166. The summed E-state index contributed by atoms with van der Waals surface area (Å²) >= 11 is 0. The number of rotatable bonds is 3. The molecule has 1 aromatic rings. The van der Waals surface area contributed by atoms with Gasteiger partial charge < -0.3 is 0 Å². The number of quaternary nitrogens is 1. The lowest BCUT2D eigenvalue weighted by atomic mass is 9.86.